The second-order valence-electron chi connectivity index (χ2n) is 6.04. The zero-order chi connectivity index (χ0) is 15.5. The van der Waals surface area contributed by atoms with E-state index in [4.69, 9.17) is 0 Å². The number of piperidine rings is 1. The highest BCUT2D eigenvalue weighted by Crippen LogP contribution is 2.20. The van der Waals surface area contributed by atoms with Crippen molar-refractivity contribution in [3.05, 3.63) is 0 Å². The molecular weight excluding hydrogens is 299 g/mol. The van der Waals surface area contributed by atoms with E-state index in [0.29, 0.717) is 13.1 Å². The molecule has 0 aromatic heterocycles. The summed E-state index contributed by atoms with van der Waals surface area (Å²) in [6.07, 6.45) is 2.33. The Morgan fingerprint density at radius 2 is 1.90 bits per heavy atom. The highest BCUT2D eigenvalue weighted by molar-refractivity contribution is 7.86. The number of likely N-dealkylation sites (tertiary alicyclic amines) is 2. The van der Waals surface area contributed by atoms with Crippen molar-refractivity contribution >= 4 is 16.1 Å². The van der Waals surface area contributed by atoms with Gasteiger partial charge in [0.05, 0.1) is 11.9 Å². The first-order valence-corrected chi connectivity index (χ1v) is 8.99. The van der Waals surface area contributed by atoms with Crippen LogP contribution < -0.4 is 0 Å². The van der Waals surface area contributed by atoms with Crippen molar-refractivity contribution in [2.24, 2.45) is 5.92 Å². The minimum absolute atomic E-state index is 0.0854. The van der Waals surface area contributed by atoms with Crippen LogP contribution in [0.5, 0.6) is 0 Å². The molecule has 2 saturated heterocycles. The van der Waals surface area contributed by atoms with Gasteiger partial charge in [-0.3, -0.25) is 4.79 Å². The molecule has 0 spiro atoms. The molecule has 0 bridgehead atoms. The Balaban J connectivity index is 1.68. The fourth-order valence-corrected chi connectivity index (χ4v) is 3.88. The third-order valence-corrected chi connectivity index (χ3v) is 5.06. The predicted molar refractivity (Wildman–Crippen MR) is 75.9 cm³/mol. The van der Waals surface area contributed by atoms with Crippen molar-refractivity contribution in [3.63, 3.8) is 0 Å². The summed E-state index contributed by atoms with van der Waals surface area (Å²) in [6, 6.07) is 0. The van der Waals surface area contributed by atoms with E-state index in [-0.39, 0.29) is 18.4 Å². The summed E-state index contributed by atoms with van der Waals surface area (Å²) in [5.74, 6) is -1.06. The second kappa shape index (κ2) is 7.02. The average molecular weight is 322 g/mol. The lowest BCUT2D eigenvalue weighted by atomic mass is 10.1. The van der Waals surface area contributed by atoms with Crippen molar-refractivity contribution in [1.82, 2.24) is 9.80 Å². The maximum atomic E-state index is 12.6. The smallest absolute Gasteiger partial charge is 0.302 e. The molecule has 6 nitrogen and oxygen atoms in total. The number of rotatable bonds is 6. The molecule has 0 saturated carbocycles. The largest absolute Gasteiger partial charge is 0.393 e. The van der Waals surface area contributed by atoms with Crippen LogP contribution in [-0.2, 0) is 15.0 Å². The number of carbonyl (C=O) groups is 1. The topological polar surface area (TPSA) is 77.9 Å². The number of carbonyl (C=O) groups excluding carboxylic acids is 1. The molecule has 1 N–H and O–H groups in total. The third-order valence-electron chi connectivity index (χ3n) is 4.19. The molecule has 1 unspecified atom stereocenters. The SMILES string of the molecule is O=C1CC(CS(=O)(=O)F)CN1CCCN1CCC(O)CC1. The Morgan fingerprint density at radius 1 is 1.24 bits per heavy atom. The lowest BCUT2D eigenvalue weighted by Gasteiger charge is -2.30. The van der Waals surface area contributed by atoms with Gasteiger partial charge in [0.1, 0.15) is 0 Å². The summed E-state index contributed by atoms with van der Waals surface area (Å²) < 4.78 is 33.9. The molecule has 0 aromatic rings. The lowest BCUT2D eigenvalue weighted by Crippen LogP contribution is -2.38. The van der Waals surface area contributed by atoms with Crippen LogP contribution in [0.2, 0.25) is 0 Å². The van der Waals surface area contributed by atoms with Crippen molar-refractivity contribution in [1.29, 1.82) is 0 Å². The van der Waals surface area contributed by atoms with Gasteiger partial charge in [-0.1, -0.05) is 0 Å². The van der Waals surface area contributed by atoms with Crippen molar-refractivity contribution in [2.75, 3.05) is 38.5 Å². The molecule has 0 aromatic carbocycles. The molecule has 8 heteroatoms. The molecule has 1 atom stereocenters. The van der Waals surface area contributed by atoms with Gasteiger partial charge in [-0.2, -0.15) is 8.42 Å². The monoisotopic (exact) mass is 322 g/mol. The maximum absolute atomic E-state index is 12.6. The molecular formula is C13H23FN2O4S. The molecule has 2 aliphatic heterocycles. The number of aliphatic hydroxyl groups excluding tert-OH is 1. The third kappa shape index (κ3) is 5.52. The van der Waals surface area contributed by atoms with E-state index in [9.17, 15) is 22.2 Å². The summed E-state index contributed by atoms with van der Waals surface area (Å²) in [5.41, 5.74) is 0. The molecule has 2 aliphatic rings. The minimum atomic E-state index is -4.51. The normalized spacial score (nSPS) is 25.7. The van der Waals surface area contributed by atoms with E-state index < -0.39 is 21.9 Å². The quantitative estimate of drug-likeness (QED) is 0.696. The molecule has 122 valence electrons. The highest BCUT2D eigenvalue weighted by atomic mass is 32.3. The molecule has 21 heavy (non-hydrogen) atoms. The zero-order valence-electron chi connectivity index (χ0n) is 12.1. The van der Waals surface area contributed by atoms with Gasteiger partial charge in [-0.25, -0.2) is 0 Å². The van der Waals surface area contributed by atoms with E-state index >= 15 is 0 Å². The van der Waals surface area contributed by atoms with Crippen LogP contribution in [0.15, 0.2) is 0 Å². The Kier molecular flexibility index (Phi) is 5.56. The highest BCUT2D eigenvalue weighted by Gasteiger charge is 2.32. The first-order valence-electron chi connectivity index (χ1n) is 7.44. The molecule has 2 rings (SSSR count). The number of nitrogens with zero attached hydrogens (tertiary/aromatic N) is 2. The fraction of sp³-hybridized carbons (Fsp3) is 0.923. The Bertz CT molecular complexity index is 463. The number of aliphatic hydroxyl groups is 1. The average Bonchev–Trinajstić information content (AvgIpc) is 2.70. The summed E-state index contributed by atoms with van der Waals surface area (Å²) in [4.78, 5) is 15.7. The first-order chi connectivity index (χ1) is 9.83. The van der Waals surface area contributed by atoms with Crippen molar-refractivity contribution in [2.45, 2.75) is 31.8 Å². The van der Waals surface area contributed by atoms with Crippen LogP contribution in [0.25, 0.3) is 0 Å². The summed E-state index contributed by atoms with van der Waals surface area (Å²) in [7, 11) is -4.51. The zero-order valence-corrected chi connectivity index (χ0v) is 12.9. The molecule has 2 heterocycles. The van der Waals surface area contributed by atoms with Gasteiger partial charge in [0, 0.05) is 38.5 Å². The van der Waals surface area contributed by atoms with Gasteiger partial charge < -0.3 is 14.9 Å². The van der Waals surface area contributed by atoms with Crippen LogP contribution in [0.4, 0.5) is 3.89 Å². The van der Waals surface area contributed by atoms with Gasteiger partial charge in [-0.15, -0.1) is 3.89 Å². The first kappa shape index (κ1) is 16.6. The Morgan fingerprint density at radius 3 is 2.52 bits per heavy atom. The predicted octanol–water partition coefficient (Wildman–Crippen LogP) is -0.0190. The minimum Gasteiger partial charge on any atom is -0.393 e. The standard InChI is InChI=1S/C13H23FN2O4S/c14-21(19,20)10-11-8-13(18)16(9-11)5-1-4-15-6-2-12(17)3-7-15/h11-12,17H,1-10H2. The Labute approximate surface area is 125 Å². The number of hydrogen-bond acceptors (Lipinski definition) is 5. The van der Waals surface area contributed by atoms with Crippen LogP contribution >= 0.6 is 0 Å². The van der Waals surface area contributed by atoms with E-state index in [1.54, 1.807) is 4.90 Å². The molecule has 2 fully saturated rings. The van der Waals surface area contributed by atoms with Crippen molar-refractivity contribution in [3.8, 4) is 0 Å². The van der Waals surface area contributed by atoms with Crippen LogP contribution in [0.3, 0.4) is 0 Å². The lowest BCUT2D eigenvalue weighted by molar-refractivity contribution is -0.127. The summed E-state index contributed by atoms with van der Waals surface area (Å²) in [6.45, 7) is 3.53. The van der Waals surface area contributed by atoms with E-state index in [1.165, 1.54) is 0 Å². The number of halogens is 1. The molecule has 0 aliphatic carbocycles. The summed E-state index contributed by atoms with van der Waals surface area (Å²) >= 11 is 0. The van der Waals surface area contributed by atoms with Gasteiger partial charge >= 0.3 is 10.2 Å². The molecule has 0 radical (unpaired) electrons. The maximum Gasteiger partial charge on any atom is 0.302 e. The van der Waals surface area contributed by atoms with Gasteiger partial charge in [0.2, 0.25) is 5.91 Å². The van der Waals surface area contributed by atoms with Crippen molar-refractivity contribution < 1.29 is 22.2 Å². The molecule has 1 amide bonds. The van der Waals surface area contributed by atoms with Crippen LogP contribution in [0.1, 0.15) is 25.7 Å². The van der Waals surface area contributed by atoms with E-state index in [2.05, 4.69) is 4.90 Å². The van der Waals surface area contributed by atoms with Crippen LogP contribution in [-0.4, -0.2) is 73.8 Å². The number of amides is 1. The van der Waals surface area contributed by atoms with Gasteiger partial charge in [-0.05, 0) is 25.8 Å². The van der Waals surface area contributed by atoms with E-state index in [1.807, 2.05) is 0 Å². The fourth-order valence-electron chi connectivity index (χ4n) is 3.09. The number of hydrogen-bond donors (Lipinski definition) is 1. The Hall–Kier alpha value is -0.730. The summed E-state index contributed by atoms with van der Waals surface area (Å²) in [5, 5.41) is 9.42. The second-order valence-corrected chi connectivity index (χ2v) is 7.45. The van der Waals surface area contributed by atoms with E-state index in [0.717, 1.165) is 38.9 Å². The van der Waals surface area contributed by atoms with Gasteiger partial charge in [0.25, 0.3) is 0 Å². The van der Waals surface area contributed by atoms with Crippen LogP contribution in [0, 0.1) is 5.92 Å². The van der Waals surface area contributed by atoms with Gasteiger partial charge in [0.15, 0.2) is 0 Å².